The molecule has 0 saturated carbocycles. The second-order valence-electron chi connectivity index (χ2n) is 4.34. The van der Waals surface area contributed by atoms with Gasteiger partial charge in [-0.2, -0.15) is 0 Å². The van der Waals surface area contributed by atoms with E-state index in [4.69, 9.17) is 4.74 Å². The van der Waals surface area contributed by atoms with Crippen molar-refractivity contribution in [1.82, 2.24) is 4.90 Å². The summed E-state index contributed by atoms with van der Waals surface area (Å²) in [5.41, 5.74) is 0.938. The average Bonchev–Trinajstić information content (AvgIpc) is 2.40. The molecule has 1 aromatic carbocycles. The van der Waals surface area contributed by atoms with Crippen LogP contribution < -0.4 is 4.74 Å². The summed E-state index contributed by atoms with van der Waals surface area (Å²) in [6.07, 6.45) is 0.350. The summed E-state index contributed by atoms with van der Waals surface area (Å²) in [5, 5.41) is 10.2. The number of aliphatic hydroxyl groups is 1. The van der Waals surface area contributed by atoms with E-state index in [9.17, 15) is 5.11 Å². The van der Waals surface area contributed by atoms with Crippen LogP contribution in [0.2, 0.25) is 0 Å². The van der Waals surface area contributed by atoms with Gasteiger partial charge in [0, 0.05) is 6.54 Å². The van der Waals surface area contributed by atoms with E-state index in [-0.39, 0.29) is 0 Å². The number of ether oxygens (including phenoxy) is 1. The summed E-state index contributed by atoms with van der Waals surface area (Å²) in [6.45, 7) is 9.89. The van der Waals surface area contributed by atoms with E-state index in [1.54, 1.807) is 0 Å². The highest BCUT2D eigenvalue weighted by molar-refractivity contribution is 5.29. The van der Waals surface area contributed by atoms with Gasteiger partial charge in [0.25, 0.3) is 0 Å². The molecule has 3 heteroatoms. The standard InChI is InChI=1S/C15H25NO2/c1-4-16(5-2)11-10-15(17)13-8-7-9-14(12-13)18-6-3/h7-9,12,15,17H,4-6,10-11H2,1-3H3. The molecule has 0 amide bonds. The van der Waals surface area contributed by atoms with Crippen LogP contribution in [0.15, 0.2) is 24.3 Å². The fraction of sp³-hybridized carbons (Fsp3) is 0.600. The lowest BCUT2D eigenvalue weighted by atomic mass is 10.1. The molecule has 0 bridgehead atoms. The zero-order valence-electron chi connectivity index (χ0n) is 11.7. The monoisotopic (exact) mass is 251 g/mol. The van der Waals surface area contributed by atoms with Crippen LogP contribution in [-0.4, -0.2) is 36.2 Å². The van der Waals surface area contributed by atoms with Crippen molar-refractivity contribution in [3.05, 3.63) is 29.8 Å². The summed E-state index contributed by atoms with van der Waals surface area (Å²) in [7, 11) is 0. The second kappa shape index (κ2) is 8.11. The molecule has 102 valence electrons. The molecule has 0 radical (unpaired) electrons. The number of hydrogen-bond acceptors (Lipinski definition) is 3. The Morgan fingerprint density at radius 1 is 1.22 bits per heavy atom. The highest BCUT2D eigenvalue weighted by Crippen LogP contribution is 2.21. The van der Waals surface area contributed by atoms with Crippen molar-refractivity contribution >= 4 is 0 Å². The Labute approximate surface area is 110 Å². The van der Waals surface area contributed by atoms with Gasteiger partial charge in [0.1, 0.15) is 5.75 Å². The van der Waals surface area contributed by atoms with E-state index in [2.05, 4.69) is 18.7 Å². The minimum Gasteiger partial charge on any atom is -0.494 e. The van der Waals surface area contributed by atoms with Gasteiger partial charge in [0.05, 0.1) is 12.7 Å². The van der Waals surface area contributed by atoms with Gasteiger partial charge in [-0.05, 0) is 44.1 Å². The van der Waals surface area contributed by atoms with Gasteiger partial charge in [-0.25, -0.2) is 0 Å². The summed E-state index contributed by atoms with van der Waals surface area (Å²) < 4.78 is 5.44. The molecule has 1 atom stereocenters. The van der Waals surface area contributed by atoms with Crippen molar-refractivity contribution in [2.45, 2.75) is 33.3 Å². The maximum absolute atomic E-state index is 10.2. The Balaban J connectivity index is 2.54. The third-order valence-corrected chi connectivity index (χ3v) is 3.17. The van der Waals surface area contributed by atoms with Crippen molar-refractivity contribution in [2.75, 3.05) is 26.2 Å². The van der Waals surface area contributed by atoms with Crippen LogP contribution in [0.3, 0.4) is 0 Å². The quantitative estimate of drug-likeness (QED) is 0.771. The predicted octanol–water partition coefficient (Wildman–Crippen LogP) is 2.85. The maximum Gasteiger partial charge on any atom is 0.119 e. The van der Waals surface area contributed by atoms with Crippen molar-refractivity contribution in [3.8, 4) is 5.75 Å². The van der Waals surface area contributed by atoms with Gasteiger partial charge in [-0.1, -0.05) is 26.0 Å². The summed E-state index contributed by atoms with van der Waals surface area (Å²) >= 11 is 0. The predicted molar refractivity (Wildman–Crippen MR) is 75.0 cm³/mol. The van der Waals surface area contributed by atoms with E-state index in [0.29, 0.717) is 6.61 Å². The van der Waals surface area contributed by atoms with E-state index in [0.717, 1.165) is 37.4 Å². The molecule has 18 heavy (non-hydrogen) atoms. The SMILES string of the molecule is CCOc1cccc(C(O)CCN(CC)CC)c1. The number of aliphatic hydroxyl groups excluding tert-OH is 1. The minimum atomic E-state index is -0.411. The van der Waals surface area contributed by atoms with Crippen molar-refractivity contribution in [2.24, 2.45) is 0 Å². The second-order valence-corrected chi connectivity index (χ2v) is 4.34. The van der Waals surface area contributed by atoms with Crippen LogP contribution in [0.4, 0.5) is 0 Å². The molecule has 0 heterocycles. The molecule has 0 aliphatic heterocycles. The Kier molecular flexibility index (Phi) is 6.76. The smallest absolute Gasteiger partial charge is 0.119 e. The Hall–Kier alpha value is -1.06. The van der Waals surface area contributed by atoms with Gasteiger partial charge >= 0.3 is 0 Å². The molecule has 0 aromatic heterocycles. The molecular weight excluding hydrogens is 226 g/mol. The van der Waals surface area contributed by atoms with Gasteiger partial charge in [0.2, 0.25) is 0 Å². The van der Waals surface area contributed by atoms with Crippen LogP contribution in [0.1, 0.15) is 38.9 Å². The van der Waals surface area contributed by atoms with Crippen molar-refractivity contribution < 1.29 is 9.84 Å². The molecule has 1 unspecified atom stereocenters. The molecule has 0 aliphatic rings. The third kappa shape index (κ3) is 4.67. The molecule has 0 aliphatic carbocycles. The van der Waals surface area contributed by atoms with Crippen molar-refractivity contribution in [3.63, 3.8) is 0 Å². The fourth-order valence-electron chi connectivity index (χ4n) is 1.99. The third-order valence-electron chi connectivity index (χ3n) is 3.17. The van der Waals surface area contributed by atoms with Crippen molar-refractivity contribution in [1.29, 1.82) is 0 Å². The van der Waals surface area contributed by atoms with Gasteiger partial charge in [-0.3, -0.25) is 0 Å². The van der Waals surface area contributed by atoms with E-state index in [1.165, 1.54) is 0 Å². The normalized spacial score (nSPS) is 12.7. The van der Waals surface area contributed by atoms with E-state index >= 15 is 0 Å². The minimum absolute atomic E-state index is 0.411. The number of nitrogens with zero attached hydrogens (tertiary/aromatic N) is 1. The Morgan fingerprint density at radius 2 is 1.94 bits per heavy atom. The first-order chi connectivity index (χ1) is 8.71. The summed E-state index contributed by atoms with van der Waals surface area (Å²) in [5.74, 6) is 0.830. The van der Waals surface area contributed by atoms with Crippen LogP contribution in [0.5, 0.6) is 5.75 Å². The largest absolute Gasteiger partial charge is 0.494 e. The van der Waals surface area contributed by atoms with Crippen LogP contribution in [0, 0.1) is 0 Å². The summed E-state index contributed by atoms with van der Waals surface area (Å²) in [4.78, 5) is 2.32. The topological polar surface area (TPSA) is 32.7 Å². The number of rotatable bonds is 8. The molecule has 0 saturated heterocycles. The molecule has 0 fully saturated rings. The first kappa shape index (κ1) is 15.0. The van der Waals surface area contributed by atoms with Crippen LogP contribution in [0.25, 0.3) is 0 Å². The molecular formula is C15H25NO2. The van der Waals surface area contributed by atoms with Gasteiger partial charge in [-0.15, -0.1) is 0 Å². The molecule has 0 spiro atoms. The lowest BCUT2D eigenvalue weighted by Crippen LogP contribution is -2.25. The van der Waals surface area contributed by atoms with E-state index in [1.807, 2.05) is 31.2 Å². The highest BCUT2D eigenvalue weighted by Gasteiger charge is 2.10. The first-order valence-corrected chi connectivity index (χ1v) is 6.84. The maximum atomic E-state index is 10.2. The fourth-order valence-corrected chi connectivity index (χ4v) is 1.99. The Bertz CT molecular complexity index is 337. The van der Waals surface area contributed by atoms with Crippen LogP contribution in [-0.2, 0) is 0 Å². The average molecular weight is 251 g/mol. The zero-order chi connectivity index (χ0) is 13.4. The highest BCUT2D eigenvalue weighted by atomic mass is 16.5. The van der Waals surface area contributed by atoms with Gasteiger partial charge < -0.3 is 14.7 Å². The summed E-state index contributed by atoms with van der Waals surface area (Å²) in [6, 6.07) is 7.73. The number of benzene rings is 1. The molecule has 1 aromatic rings. The lowest BCUT2D eigenvalue weighted by Gasteiger charge is -2.20. The zero-order valence-corrected chi connectivity index (χ0v) is 11.7. The molecule has 1 N–H and O–H groups in total. The lowest BCUT2D eigenvalue weighted by molar-refractivity contribution is 0.145. The van der Waals surface area contributed by atoms with Crippen LogP contribution >= 0.6 is 0 Å². The molecule has 3 nitrogen and oxygen atoms in total. The molecule has 1 rings (SSSR count). The first-order valence-electron chi connectivity index (χ1n) is 6.84. The van der Waals surface area contributed by atoms with Gasteiger partial charge in [0.15, 0.2) is 0 Å². The van der Waals surface area contributed by atoms with E-state index < -0.39 is 6.10 Å². The number of hydrogen-bond donors (Lipinski definition) is 1. The Morgan fingerprint density at radius 3 is 2.56 bits per heavy atom.